The monoisotopic (exact) mass is 1510 g/mol. The van der Waals surface area contributed by atoms with Crippen molar-refractivity contribution in [1.82, 2.24) is 4.90 Å². The SMILES string of the molecule is C.C.C#Cc1ccc(OC(F)F)cc1.CN1C(=O)C(c2ccc(OC(F)F)cc2)(c2cccc(CCCC(F)F)c2)N=C1N.CN=C(N)N.FC(F)CCCc1cccc(Br)c1.FC(F)CCCc1cccc(C#Cc2ccc(OC(F)F)cc2)c1.O=CCCCc1cccc(Br)c1. The summed E-state index contributed by atoms with van der Waals surface area (Å²) in [6.07, 6.45) is 4.47. The van der Waals surface area contributed by atoms with E-state index < -0.39 is 50.6 Å². The van der Waals surface area contributed by atoms with Crippen LogP contribution in [-0.4, -0.2) is 82.2 Å². The van der Waals surface area contributed by atoms with E-state index in [1.165, 1.54) is 85.2 Å². The van der Waals surface area contributed by atoms with Gasteiger partial charge in [0, 0.05) is 65.4 Å². The summed E-state index contributed by atoms with van der Waals surface area (Å²) in [4.78, 5) is 32.3. The Balaban J connectivity index is 0.000000629. The lowest BCUT2D eigenvalue weighted by molar-refractivity contribution is -0.129. The molecule has 1 unspecified atom stereocenters. The van der Waals surface area contributed by atoms with Crippen LogP contribution in [0.2, 0.25) is 0 Å². The van der Waals surface area contributed by atoms with Crippen molar-refractivity contribution >= 4 is 56.0 Å². The number of aryl methyl sites for hydroxylation is 4. The van der Waals surface area contributed by atoms with Gasteiger partial charge in [0.2, 0.25) is 19.3 Å². The zero-order valence-corrected chi connectivity index (χ0v) is 55.3. The molecule has 25 heteroatoms. The second-order valence-corrected chi connectivity index (χ2v) is 22.2. The van der Waals surface area contributed by atoms with Gasteiger partial charge in [0.1, 0.15) is 23.5 Å². The second kappa shape index (κ2) is 47.9. The molecule has 6 N–H and O–H groups in total. The molecule has 530 valence electrons. The number of unbranched alkanes of at least 4 members (excludes halogenated alkanes) is 1. The van der Waals surface area contributed by atoms with Crippen molar-refractivity contribution in [3.63, 3.8) is 0 Å². The highest BCUT2D eigenvalue weighted by molar-refractivity contribution is 9.10. The van der Waals surface area contributed by atoms with Crippen LogP contribution in [0.25, 0.3) is 0 Å². The Bertz CT molecular complexity index is 3590. The predicted molar refractivity (Wildman–Crippen MR) is 371 cm³/mol. The molecule has 1 aliphatic rings. The number of aldehydes is 1. The van der Waals surface area contributed by atoms with Crippen LogP contribution in [0.5, 0.6) is 17.2 Å². The lowest BCUT2D eigenvalue weighted by Gasteiger charge is -2.26. The van der Waals surface area contributed by atoms with Gasteiger partial charge >= 0.3 is 19.8 Å². The minimum Gasteiger partial charge on any atom is -0.435 e. The number of guanidine groups is 2. The molecular weight excluding hydrogens is 1430 g/mol. The number of rotatable bonds is 24. The number of nitrogens with two attached hydrogens (primary N) is 3. The second-order valence-electron chi connectivity index (χ2n) is 20.4. The number of hydrogen-bond donors (Lipinski definition) is 3. The summed E-state index contributed by atoms with van der Waals surface area (Å²) in [6.45, 7) is -8.61. The van der Waals surface area contributed by atoms with Gasteiger partial charge < -0.3 is 36.2 Å². The molecule has 7 aromatic carbocycles. The van der Waals surface area contributed by atoms with E-state index in [-0.39, 0.29) is 63.3 Å². The van der Waals surface area contributed by atoms with Crippen molar-refractivity contribution < 1.29 is 76.5 Å². The first-order valence-electron chi connectivity index (χ1n) is 29.5. The molecule has 0 aromatic heterocycles. The highest BCUT2D eigenvalue weighted by Gasteiger charge is 2.49. The molecule has 1 heterocycles. The molecule has 0 saturated carbocycles. The van der Waals surface area contributed by atoms with Crippen molar-refractivity contribution in [3.8, 4) is 41.4 Å². The van der Waals surface area contributed by atoms with Crippen LogP contribution < -0.4 is 31.4 Å². The Morgan fingerprint density at radius 2 is 0.908 bits per heavy atom. The third-order valence-corrected chi connectivity index (χ3v) is 14.2. The number of carbonyl (C=O) groups is 2. The predicted octanol–water partition coefficient (Wildman–Crippen LogP) is 18.6. The minimum atomic E-state index is -2.97. The highest BCUT2D eigenvalue weighted by atomic mass is 79.9. The molecule has 11 nitrogen and oxygen atoms in total. The van der Waals surface area contributed by atoms with Gasteiger partial charge in [-0.15, -0.1) is 6.42 Å². The van der Waals surface area contributed by atoms with E-state index >= 15 is 0 Å². The largest absolute Gasteiger partial charge is 0.435 e. The van der Waals surface area contributed by atoms with Gasteiger partial charge in [-0.3, -0.25) is 14.7 Å². The van der Waals surface area contributed by atoms with Crippen molar-refractivity contribution in [2.75, 3.05) is 14.1 Å². The van der Waals surface area contributed by atoms with E-state index in [0.717, 1.165) is 56.7 Å². The maximum atomic E-state index is 13.2. The summed E-state index contributed by atoms with van der Waals surface area (Å²) in [6, 6.07) is 47.9. The zero-order chi connectivity index (χ0) is 71.0. The van der Waals surface area contributed by atoms with Gasteiger partial charge in [-0.25, -0.2) is 31.3 Å². The van der Waals surface area contributed by atoms with E-state index in [2.05, 4.69) is 85.9 Å². The Morgan fingerprint density at radius 3 is 1.28 bits per heavy atom. The van der Waals surface area contributed by atoms with Crippen LogP contribution in [0, 0.1) is 24.2 Å². The summed E-state index contributed by atoms with van der Waals surface area (Å²) in [5.41, 5.74) is 21.2. The minimum absolute atomic E-state index is 0. The maximum Gasteiger partial charge on any atom is 0.387 e. The first-order valence-corrected chi connectivity index (χ1v) is 31.1. The van der Waals surface area contributed by atoms with Crippen LogP contribution in [0.1, 0.15) is 116 Å². The number of ether oxygens (including phenoxy) is 3. The number of hydrogen-bond acceptors (Lipinski definition) is 8. The van der Waals surface area contributed by atoms with Crippen molar-refractivity contribution in [3.05, 3.63) is 229 Å². The fourth-order valence-corrected chi connectivity index (χ4v) is 9.46. The van der Waals surface area contributed by atoms with Crippen LogP contribution in [0.3, 0.4) is 0 Å². The van der Waals surface area contributed by atoms with Gasteiger partial charge in [0.25, 0.3) is 5.91 Å². The summed E-state index contributed by atoms with van der Waals surface area (Å²) < 4.78 is 160. The summed E-state index contributed by atoms with van der Waals surface area (Å²) in [5.74, 6) is 8.14. The Labute approximate surface area is 582 Å². The highest BCUT2D eigenvalue weighted by Crippen LogP contribution is 2.40. The molecule has 0 fully saturated rings. The molecule has 1 aliphatic heterocycles. The van der Waals surface area contributed by atoms with Crippen molar-refractivity contribution in [2.45, 2.75) is 137 Å². The lowest BCUT2D eigenvalue weighted by Crippen LogP contribution is -2.41. The maximum absolute atomic E-state index is 13.2. The Kier molecular flexibility index (Phi) is 42.5. The molecule has 0 radical (unpaired) electrons. The quantitative estimate of drug-likeness (QED) is 0.0134. The third-order valence-electron chi connectivity index (χ3n) is 13.2. The molecule has 1 amide bonds. The average molecular weight is 1510 g/mol. The normalized spacial score (nSPS) is 12.5. The summed E-state index contributed by atoms with van der Waals surface area (Å²) in [5, 5.41) is 0. The van der Waals surface area contributed by atoms with E-state index in [4.69, 9.17) is 23.6 Å². The zero-order valence-electron chi connectivity index (χ0n) is 52.2. The lowest BCUT2D eigenvalue weighted by atomic mass is 9.82. The summed E-state index contributed by atoms with van der Waals surface area (Å²) in [7, 11) is 3.03. The fraction of sp³-hybridized carbons (Fsp3) is 0.315. The van der Waals surface area contributed by atoms with E-state index in [9.17, 15) is 62.3 Å². The van der Waals surface area contributed by atoms with E-state index in [1.807, 2.05) is 60.7 Å². The van der Waals surface area contributed by atoms with Crippen LogP contribution >= 0.6 is 31.9 Å². The number of amides is 1. The molecule has 98 heavy (non-hydrogen) atoms. The molecule has 7 aromatic rings. The number of likely N-dealkylation sites (N-methyl/N-ethyl adjacent to an activating group) is 1. The topological polar surface area (TPSA) is 168 Å². The Morgan fingerprint density at radius 1 is 0.541 bits per heavy atom. The van der Waals surface area contributed by atoms with E-state index in [0.29, 0.717) is 60.8 Å². The molecule has 0 spiro atoms. The number of aliphatic imine (C=N–C) groups is 2. The van der Waals surface area contributed by atoms with Crippen LogP contribution in [-0.2, 0) is 40.8 Å². The first kappa shape index (κ1) is 87.1. The number of benzene rings is 7. The molecular formula is C73H80Br2F12N6O5. The molecule has 0 saturated heterocycles. The standard InChI is InChI=1S/C21H21F4N3O2.C19H16F4O.C10H11BrF2.C10H11BrO.C9H6F2O.C2H7N3.2CH4/c1-28-18(29)21(27-20(28)26,14-8-10-16(11-9-14)30-19(24)25)15-6-2-4-13(12-15)5-3-7-17(22)23;20-18(21)6-2-5-15-3-1-4-16(13-15)8-7-14-9-11-17(12-10-14)24-19(22)23;11-9-5-1-3-8(7-9)4-2-6-10(12)13;11-10-6-3-5-9(8-10)4-1-2-7-12;1-2-7-3-5-8(6-4-7)12-9(10)11;1-5-2(3)4;;/h2,4,6,8-12,17,19H,3,5,7H2,1H3,(H2,26,27);1,3-4,9-13,18-19H,2,5-6H2;1,3,5,7,10H,2,4,6H2;3,5-8H,1-2,4H2;1,3-6,9H;1H3,(H4,3,4,5);2*1H4. The smallest absolute Gasteiger partial charge is 0.387 e. The average Bonchev–Trinajstić information content (AvgIpc) is 1.55. The van der Waals surface area contributed by atoms with Gasteiger partial charge in [0.05, 0.1) is 0 Å². The number of terminal acetylenes is 1. The number of carbonyl (C=O) groups excluding carboxylic acids is 2. The van der Waals surface area contributed by atoms with Gasteiger partial charge in [-0.05, 0) is 182 Å². The summed E-state index contributed by atoms with van der Waals surface area (Å²) >= 11 is 6.74. The fourth-order valence-electron chi connectivity index (χ4n) is 8.57. The number of nitrogens with zero attached hydrogens (tertiary/aromatic N) is 3. The molecule has 0 bridgehead atoms. The van der Waals surface area contributed by atoms with Crippen molar-refractivity contribution in [1.29, 1.82) is 0 Å². The van der Waals surface area contributed by atoms with Gasteiger partial charge in [0.15, 0.2) is 17.5 Å². The number of alkyl halides is 12. The molecule has 0 aliphatic carbocycles. The van der Waals surface area contributed by atoms with Crippen molar-refractivity contribution in [2.24, 2.45) is 27.2 Å². The molecule has 1 atom stereocenters. The van der Waals surface area contributed by atoms with Gasteiger partial charge in [-0.1, -0.05) is 137 Å². The Hall–Kier alpha value is -8.94. The third kappa shape index (κ3) is 34.8. The molecule has 8 rings (SSSR count). The first-order chi connectivity index (χ1) is 45.8. The van der Waals surface area contributed by atoms with Crippen LogP contribution in [0.15, 0.2) is 189 Å². The number of halogens is 14. The van der Waals surface area contributed by atoms with Gasteiger partial charge in [-0.2, -0.15) is 26.3 Å². The van der Waals surface area contributed by atoms with E-state index in [1.54, 1.807) is 36.4 Å². The van der Waals surface area contributed by atoms with Crippen LogP contribution in [0.4, 0.5) is 52.7 Å².